The lowest BCUT2D eigenvalue weighted by atomic mass is 9.82. The molecule has 1 N–H and O–H groups in total. The zero-order chi connectivity index (χ0) is 23.5. The number of ketones is 2. The highest BCUT2D eigenvalue weighted by atomic mass is 16.5. The van der Waals surface area contributed by atoms with E-state index in [1.807, 2.05) is 0 Å². The van der Waals surface area contributed by atoms with Crippen molar-refractivity contribution in [3.8, 4) is 17.2 Å². The van der Waals surface area contributed by atoms with Crippen LogP contribution >= 0.6 is 0 Å². The number of carbonyl (C=O) groups is 2. The number of hydrogen-bond donors (Lipinski definition) is 1. The number of nitrogens with zero attached hydrogens (tertiary/aromatic N) is 1. The summed E-state index contributed by atoms with van der Waals surface area (Å²) in [7, 11) is 4.41. The molecule has 0 heterocycles. The summed E-state index contributed by atoms with van der Waals surface area (Å²) in [6, 6.07) is 18.1. The van der Waals surface area contributed by atoms with Gasteiger partial charge < -0.3 is 19.3 Å². The van der Waals surface area contributed by atoms with Crippen molar-refractivity contribution in [2.24, 2.45) is 4.99 Å². The van der Waals surface area contributed by atoms with Crippen molar-refractivity contribution < 1.29 is 28.9 Å². The van der Waals surface area contributed by atoms with E-state index >= 15 is 0 Å². The van der Waals surface area contributed by atoms with Crippen LogP contribution in [0.25, 0.3) is 5.76 Å². The maximum Gasteiger partial charge on any atom is 0.213 e. The molecular weight excluding hydrogens is 422 g/mol. The van der Waals surface area contributed by atoms with Gasteiger partial charge in [-0.15, -0.1) is 0 Å². The fourth-order valence-corrected chi connectivity index (χ4v) is 3.69. The molecule has 0 aromatic heterocycles. The van der Waals surface area contributed by atoms with Crippen LogP contribution in [0.1, 0.15) is 26.3 Å². The summed E-state index contributed by atoms with van der Waals surface area (Å²) >= 11 is 0. The smallest absolute Gasteiger partial charge is 0.213 e. The molecular formula is C26H21NO6. The predicted molar refractivity (Wildman–Crippen MR) is 124 cm³/mol. The first kappa shape index (κ1) is 21.8. The molecule has 0 saturated carbocycles. The molecule has 0 aliphatic heterocycles. The summed E-state index contributed by atoms with van der Waals surface area (Å²) in [5.74, 6) is -0.250. The molecule has 0 atom stereocenters. The molecule has 33 heavy (non-hydrogen) atoms. The van der Waals surface area contributed by atoms with Crippen molar-refractivity contribution in [2.75, 3.05) is 21.3 Å². The molecule has 4 rings (SSSR count). The van der Waals surface area contributed by atoms with E-state index < -0.39 is 11.6 Å². The highest BCUT2D eigenvalue weighted by molar-refractivity contribution is 6.62. The molecule has 7 heteroatoms. The first-order valence-corrected chi connectivity index (χ1v) is 10.1. The highest BCUT2D eigenvalue weighted by Crippen LogP contribution is 2.41. The largest absolute Gasteiger partial charge is 0.506 e. The third-order valence-corrected chi connectivity index (χ3v) is 5.27. The minimum absolute atomic E-state index is 0.168. The van der Waals surface area contributed by atoms with Crippen molar-refractivity contribution in [1.82, 2.24) is 0 Å². The Morgan fingerprint density at radius 3 is 1.85 bits per heavy atom. The van der Waals surface area contributed by atoms with Crippen LogP contribution in [-0.2, 0) is 0 Å². The van der Waals surface area contributed by atoms with Gasteiger partial charge in [0.25, 0.3) is 0 Å². The first-order valence-electron chi connectivity index (χ1n) is 10.1. The third kappa shape index (κ3) is 3.85. The van der Waals surface area contributed by atoms with Gasteiger partial charge in [0.15, 0.2) is 17.3 Å². The Hall–Kier alpha value is -4.39. The maximum absolute atomic E-state index is 13.4. The Balaban J connectivity index is 1.99. The second-order valence-electron chi connectivity index (χ2n) is 7.14. The molecule has 0 unspecified atom stereocenters. The van der Waals surface area contributed by atoms with Crippen molar-refractivity contribution in [3.63, 3.8) is 0 Å². The maximum atomic E-state index is 13.4. The minimum Gasteiger partial charge on any atom is -0.506 e. The van der Waals surface area contributed by atoms with Crippen LogP contribution in [0, 0.1) is 0 Å². The van der Waals surface area contributed by atoms with Crippen LogP contribution in [0.15, 0.2) is 77.3 Å². The van der Waals surface area contributed by atoms with E-state index in [0.29, 0.717) is 28.5 Å². The number of aliphatic hydroxyl groups excluding tert-OH is 1. The van der Waals surface area contributed by atoms with E-state index in [1.165, 1.54) is 21.3 Å². The van der Waals surface area contributed by atoms with Gasteiger partial charge in [-0.1, -0.05) is 54.6 Å². The number of benzene rings is 3. The highest BCUT2D eigenvalue weighted by Gasteiger charge is 2.36. The van der Waals surface area contributed by atoms with E-state index in [1.54, 1.807) is 66.7 Å². The monoisotopic (exact) mass is 443 g/mol. The van der Waals surface area contributed by atoms with Crippen molar-refractivity contribution in [3.05, 3.63) is 89.0 Å². The Labute approximate surface area is 190 Å². The Morgan fingerprint density at radius 1 is 0.758 bits per heavy atom. The number of methoxy groups -OCH3 is 3. The Kier molecular flexibility index (Phi) is 5.95. The van der Waals surface area contributed by atoms with Crippen molar-refractivity contribution >= 4 is 28.7 Å². The van der Waals surface area contributed by atoms with Crippen molar-refractivity contribution in [2.45, 2.75) is 0 Å². The van der Waals surface area contributed by atoms with E-state index in [0.717, 1.165) is 0 Å². The summed E-state index contributed by atoms with van der Waals surface area (Å²) < 4.78 is 16.1. The number of rotatable bonds is 5. The number of aliphatic imine (C=N–C) groups is 1. The summed E-state index contributed by atoms with van der Waals surface area (Å²) in [4.78, 5) is 31.3. The van der Waals surface area contributed by atoms with Crippen LogP contribution in [0.5, 0.6) is 17.2 Å². The van der Waals surface area contributed by atoms with Crippen LogP contribution in [0.3, 0.4) is 0 Å². The average molecular weight is 443 g/mol. The lowest BCUT2D eigenvalue weighted by Gasteiger charge is -2.20. The molecule has 0 bridgehead atoms. The average Bonchev–Trinajstić information content (AvgIpc) is 2.86. The number of hydrogen-bond acceptors (Lipinski definition) is 7. The molecule has 0 amide bonds. The third-order valence-electron chi connectivity index (χ3n) is 5.27. The normalized spacial score (nSPS) is 15.8. The second-order valence-corrected chi connectivity index (χ2v) is 7.14. The van der Waals surface area contributed by atoms with Gasteiger partial charge in [-0.25, -0.2) is 4.99 Å². The summed E-state index contributed by atoms with van der Waals surface area (Å²) in [6.07, 6.45) is 0. The minimum atomic E-state index is -0.488. The zero-order valence-electron chi connectivity index (χ0n) is 18.3. The van der Waals surface area contributed by atoms with E-state index in [-0.39, 0.29) is 28.2 Å². The van der Waals surface area contributed by atoms with Gasteiger partial charge in [0.05, 0.1) is 32.6 Å². The number of carbonyl (C=O) groups excluding carboxylic acids is 2. The fraction of sp³-hybridized carbons (Fsp3) is 0.115. The Morgan fingerprint density at radius 2 is 1.30 bits per heavy atom. The summed E-state index contributed by atoms with van der Waals surface area (Å²) in [6.45, 7) is 0. The quantitative estimate of drug-likeness (QED) is 0.448. The number of fused-ring (bicyclic) bond motifs is 1. The standard InChI is InChI=1S/C26H21NO6/c1-31-19-13-16(14-20(32-2)26(19)33-3)27-22-21(23(28)15-9-5-4-6-10-15)24(29)17-11-7-8-12-18(17)25(22)30/h4-14,28H,1-3H3/b23-21+,27-22?. The summed E-state index contributed by atoms with van der Waals surface area (Å²) in [5, 5.41) is 11.0. The lowest BCUT2D eigenvalue weighted by molar-refractivity contribution is 0.0997. The topological polar surface area (TPSA) is 94.4 Å². The molecule has 7 nitrogen and oxygen atoms in total. The number of aliphatic hydroxyl groups is 1. The predicted octanol–water partition coefficient (Wildman–Crippen LogP) is 4.83. The van der Waals surface area contributed by atoms with Gasteiger partial charge in [0.2, 0.25) is 11.5 Å². The number of ether oxygens (including phenoxy) is 3. The van der Waals surface area contributed by atoms with Crippen LogP contribution in [-0.4, -0.2) is 43.7 Å². The van der Waals surface area contributed by atoms with Gasteiger partial charge >= 0.3 is 0 Å². The van der Waals surface area contributed by atoms with E-state index in [4.69, 9.17) is 14.2 Å². The van der Waals surface area contributed by atoms with Crippen LogP contribution < -0.4 is 14.2 Å². The number of allylic oxidation sites excluding steroid dienone is 1. The fourth-order valence-electron chi connectivity index (χ4n) is 3.69. The lowest BCUT2D eigenvalue weighted by Crippen LogP contribution is -2.31. The Bertz CT molecular complexity index is 1280. The molecule has 0 saturated heterocycles. The van der Waals surface area contributed by atoms with Gasteiger partial charge in [-0.3, -0.25) is 9.59 Å². The zero-order valence-corrected chi connectivity index (χ0v) is 18.3. The molecule has 0 radical (unpaired) electrons. The molecule has 3 aromatic carbocycles. The van der Waals surface area contributed by atoms with Crippen LogP contribution in [0.4, 0.5) is 5.69 Å². The SMILES string of the molecule is COc1cc(N=C2C(=O)c3ccccc3C(=O)/C2=C(/O)c2ccccc2)cc(OC)c1OC. The van der Waals surface area contributed by atoms with Gasteiger partial charge in [-0.05, 0) is 0 Å². The van der Waals surface area contributed by atoms with Gasteiger partial charge in [-0.2, -0.15) is 0 Å². The number of Topliss-reactive ketones (excluding diaryl/α,β-unsaturated/α-hetero) is 2. The molecule has 0 spiro atoms. The molecule has 1 aliphatic rings. The molecule has 1 aliphatic carbocycles. The molecule has 3 aromatic rings. The second kappa shape index (κ2) is 9.00. The molecule has 0 fully saturated rings. The first-order chi connectivity index (χ1) is 16.0. The van der Waals surface area contributed by atoms with Gasteiger partial charge in [0, 0.05) is 28.8 Å². The summed E-state index contributed by atoms with van der Waals surface area (Å²) in [5.41, 5.74) is 0.777. The van der Waals surface area contributed by atoms with Gasteiger partial charge in [0.1, 0.15) is 11.5 Å². The molecule has 166 valence electrons. The van der Waals surface area contributed by atoms with E-state index in [9.17, 15) is 14.7 Å². The van der Waals surface area contributed by atoms with E-state index in [2.05, 4.69) is 4.99 Å². The van der Waals surface area contributed by atoms with Crippen molar-refractivity contribution in [1.29, 1.82) is 0 Å². The van der Waals surface area contributed by atoms with Crippen LogP contribution in [0.2, 0.25) is 0 Å².